The molecule has 4 aromatic rings. The highest BCUT2D eigenvalue weighted by Crippen LogP contribution is 2.32. The standard InChI is InChI=1S/C25H21BrIN3O3S/c1-2-3-12-32-18-8-4-15(5-9-18)23(31)30-25(34)28-17-7-11-22-21(14-17)29-24(33-22)19-13-16(27)6-10-20(19)26/h4-11,13-14H,2-3,12H2,1H3,(H2,28,30,31,34). The second kappa shape index (κ2) is 11.3. The Kier molecular flexibility index (Phi) is 8.17. The molecule has 1 amide bonds. The fraction of sp³-hybridized carbons (Fsp3) is 0.160. The Morgan fingerprint density at radius 3 is 2.71 bits per heavy atom. The number of hydrogen-bond acceptors (Lipinski definition) is 5. The molecule has 0 bridgehead atoms. The van der Waals surface area contributed by atoms with Gasteiger partial charge in [-0.15, -0.1) is 0 Å². The molecule has 6 nitrogen and oxygen atoms in total. The SMILES string of the molecule is CCCCOc1ccc(C(=O)NC(=S)Nc2ccc3oc(-c4cc(I)ccc4Br)nc3c2)cc1. The molecule has 0 saturated carbocycles. The molecule has 0 atom stereocenters. The monoisotopic (exact) mass is 649 g/mol. The van der Waals surface area contributed by atoms with Crippen LogP contribution in [0.3, 0.4) is 0 Å². The minimum atomic E-state index is -0.300. The summed E-state index contributed by atoms with van der Waals surface area (Å²) in [7, 11) is 0. The average molecular weight is 650 g/mol. The number of unbranched alkanes of at least 4 members (excludes halogenated alkanes) is 1. The summed E-state index contributed by atoms with van der Waals surface area (Å²) in [6, 6.07) is 18.4. The Balaban J connectivity index is 1.40. The van der Waals surface area contributed by atoms with Gasteiger partial charge in [-0.2, -0.15) is 0 Å². The number of hydrogen-bond donors (Lipinski definition) is 2. The van der Waals surface area contributed by atoms with E-state index in [-0.39, 0.29) is 11.0 Å². The lowest BCUT2D eigenvalue weighted by Gasteiger charge is -2.10. The number of fused-ring (bicyclic) bond motifs is 1. The van der Waals surface area contributed by atoms with Crippen molar-refractivity contribution in [3.05, 3.63) is 74.3 Å². The molecule has 174 valence electrons. The Hall–Kier alpha value is -2.50. The van der Waals surface area contributed by atoms with E-state index in [4.69, 9.17) is 21.4 Å². The first kappa shape index (κ1) is 24.6. The Morgan fingerprint density at radius 2 is 1.94 bits per heavy atom. The number of anilines is 1. The molecule has 0 spiro atoms. The smallest absolute Gasteiger partial charge is 0.257 e. The molecular formula is C25H21BrIN3O3S. The number of carbonyl (C=O) groups excluding carboxylic acids is 1. The lowest BCUT2D eigenvalue weighted by molar-refractivity contribution is 0.0977. The molecule has 2 N–H and O–H groups in total. The van der Waals surface area contributed by atoms with Crippen LogP contribution in [0.1, 0.15) is 30.1 Å². The molecule has 9 heteroatoms. The number of benzene rings is 3. The molecular weight excluding hydrogens is 629 g/mol. The van der Waals surface area contributed by atoms with Crippen molar-refractivity contribution in [2.75, 3.05) is 11.9 Å². The van der Waals surface area contributed by atoms with E-state index >= 15 is 0 Å². The van der Waals surface area contributed by atoms with Crippen LogP contribution in [0.2, 0.25) is 0 Å². The summed E-state index contributed by atoms with van der Waals surface area (Å²) >= 11 is 11.1. The summed E-state index contributed by atoms with van der Waals surface area (Å²) in [5.74, 6) is 0.963. The number of halogens is 2. The van der Waals surface area contributed by atoms with Crippen molar-refractivity contribution in [2.45, 2.75) is 19.8 Å². The van der Waals surface area contributed by atoms with Gasteiger partial charge in [0.05, 0.1) is 12.2 Å². The fourth-order valence-electron chi connectivity index (χ4n) is 3.16. The van der Waals surface area contributed by atoms with Gasteiger partial charge in [0.2, 0.25) is 5.89 Å². The highest BCUT2D eigenvalue weighted by Gasteiger charge is 2.13. The van der Waals surface area contributed by atoms with Crippen LogP contribution in [0.5, 0.6) is 5.75 Å². The van der Waals surface area contributed by atoms with Crippen molar-refractivity contribution in [3.63, 3.8) is 0 Å². The highest BCUT2D eigenvalue weighted by molar-refractivity contribution is 14.1. The van der Waals surface area contributed by atoms with Crippen molar-refractivity contribution in [1.29, 1.82) is 0 Å². The van der Waals surface area contributed by atoms with Gasteiger partial charge in [0.1, 0.15) is 11.3 Å². The van der Waals surface area contributed by atoms with E-state index in [1.807, 2.05) is 36.4 Å². The van der Waals surface area contributed by atoms with Gasteiger partial charge in [-0.25, -0.2) is 4.98 Å². The van der Waals surface area contributed by atoms with Crippen LogP contribution < -0.4 is 15.4 Å². The summed E-state index contributed by atoms with van der Waals surface area (Å²) in [4.78, 5) is 17.2. The number of rotatable bonds is 7. The predicted octanol–water partition coefficient (Wildman–Crippen LogP) is 7.17. The normalized spacial score (nSPS) is 10.8. The molecule has 0 aliphatic carbocycles. The highest BCUT2D eigenvalue weighted by atomic mass is 127. The van der Waals surface area contributed by atoms with E-state index in [1.165, 1.54) is 0 Å². The summed E-state index contributed by atoms with van der Waals surface area (Å²) in [5.41, 5.74) is 3.40. The summed E-state index contributed by atoms with van der Waals surface area (Å²) < 4.78 is 13.5. The largest absolute Gasteiger partial charge is 0.494 e. The Bertz CT molecular complexity index is 1340. The number of oxazole rings is 1. The molecule has 1 aromatic heterocycles. The van der Waals surface area contributed by atoms with Gasteiger partial charge >= 0.3 is 0 Å². The third kappa shape index (κ3) is 6.13. The van der Waals surface area contributed by atoms with Crippen LogP contribution in [-0.2, 0) is 0 Å². The van der Waals surface area contributed by atoms with Crippen molar-refractivity contribution < 1.29 is 13.9 Å². The minimum absolute atomic E-state index is 0.191. The van der Waals surface area contributed by atoms with Crippen LogP contribution in [0.4, 0.5) is 5.69 Å². The first-order chi connectivity index (χ1) is 16.4. The van der Waals surface area contributed by atoms with E-state index in [1.54, 1.807) is 24.3 Å². The number of thiocarbonyl (C=S) groups is 1. The van der Waals surface area contributed by atoms with E-state index in [0.29, 0.717) is 34.8 Å². The van der Waals surface area contributed by atoms with E-state index in [0.717, 1.165) is 32.2 Å². The van der Waals surface area contributed by atoms with Crippen LogP contribution in [0, 0.1) is 3.57 Å². The molecule has 0 aliphatic heterocycles. The predicted molar refractivity (Wildman–Crippen MR) is 150 cm³/mol. The number of amides is 1. The van der Waals surface area contributed by atoms with Crippen molar-refractivity contribution in [1.82, 2.24) is 10.3 Å². The van der Waals surface area contributed by atoms with E-state index in [9.17, 15) is 4.79 Å². The van der Waals surface area contributed by atoms with Crippen LogP contribution in [0.15, 0.2) is 69.6 Å². The number of carbonyl (C=O) groups is 1. The molecule has 0 saturated heterocycles. The second-order valence-electron chi connectivity index (χ2n) is 7.46. The summed E-state index contributed by atoms with van der Waals surface area (Å²) in [6.45, 7) is 2.77. The molecule has 0 radical (unpaired) electrons. The van der Waals surface area contributed by atoms with Gasteiger partial charge in [0.25, 0.3) is 5.91 Å². The lowest BCUT2D eigenvalue weighted by Crippen LogP contribution is -2.34. The number of ether oxygens (including phenoxy) is 1. The molecule has 4 rings (SSSR count). The summed E-state index contributed by atoms with van der Waals surface area (Å²) in [5, 5.41) is 5.92. The topological polar surface area (TPSA) is 76.4 Å². The molecule has 0 unspecified atom stereocenters. The number of aromatic nitrogens is 1. The average Bonchev–Trinajstić information content (AvgIpc) is 3.24. The van der Waals surface area contributed by atoms with Gasteiger partial charge in [-0.05, 0) is 118 Å². The first-order valence-corrected chi connectivity index (χ1v) is 12.9. The quantitative estimate of drug-likeness (QED) is 0.126. The van der Waals surface area contributed by atoms with Gasteiger partial charge in [0.15, 0.2) is 10.7 Å². The zero-order valence-corrected chi connectivity index (χ0v) is 22.8. The van der Waals surface area contributed by atoms with Gasteiger partial charge < -0.3 is 14.5 Å². The second-order valence-corrected chi connectivity index (χ2v) is 9.97. The number of nitrogens with one attached hydrogen (secondary N) is 2. The maximum atomic E-state index is 12.5. The van der Waals surface area contributed by atoms with Gasteiger partial charge in [-0.3, -0.25) is 10.1 Å². The van der Waals surface area contributed by atoms with Crippen molar-refractivity contribution in [3.8, 4) is 17.2 Å². The maximum absolute atomic E-state index is 12.5. The minimum Gasteiger partial charge on any atom is -0.494 e. The maximum Gasteiger partial charge on any atom is 0.257 e. The van der Waals surface area contributed by atoms with Crippen LogP contribution in [0.25, 0.3) is 22.6 Å². The van der Waals surface area contributed by atoms with Crippen molar-refractivity contribution in [2.24, 2.45) is 0 Å². The fourth-order valence-corrected chi connectivity index (χ4v) is 4.27. The first-order valence-electron chi connectivity index (χ1n) is 10.6. The zero-order chi connectivity index (χ0) is 24.1. The van der Waals surface area contributed by atoms with E-state index in [2.05, 4.69) is 61.1 Å². The number of nitrogens with zero attached hydrogens (tertiary/aromatic N) is 1. The van der Waals surface area contributed by atoms with Crippen LogP contribution in [-0.4, -0.2) is 22.6 Å². The lowest BCUT2D eigenvalue weighted by atomic mass is 10.2. The molecule has 34 heavy (non-hydrogen) atoms. The van der Waals surface area contributed by atoms with Crippen molar-refractivity contribution >= 4 is 78.5 Å². The Morgan fingerprint density at radius 1 is 1.15 bits per heavy atom. The molecule has 0 fully saturated rings. The Labute approximate surface area is 224 Å². The van der Waals surface area contributed by atoms with Gasteiger partial charge in [-0.1, -0.05) is 13.3 Å². The van der Waals surface area contributed by atoms with Crippen LogP contribution >= 0.6 is 50.7 Å². The third-order valence-electron chi connectivity index (χ3n) is 4.91. The molecule has 3 aromatic carbocycles. The van der Waals surface area contributed by atoms with E-state index < -0.39 is 0 Å². The third-order valence-corrected chi connectivity index (χ3v) is 6.48. The molecule has 1 heterocycles. The molecule has 0 aliphatic rings. The van der Waals surface area contributed by atoms with Gasteiger partial charge in [0, 0.05) is 19.3 Å². The summed E-state index contributed by atoms with van der Waals surface area (Å²) in [6.07, 6.45) is 2.06. The zero-order valence-electron chi connectivity index (χ0n) is 18.2.